The average molecular weight is 484 g/mol. The molecule has 0 bridgehead atoms. The van der Waals surface area contributed by atoms with E-state index in [-0.39, 0.29) is 12.5 Å². The van der Waals surface area contributed by atoms with Crippen molar-refractivity contribution in [1.29, 1.82) is 0 Å². The fourth-order valence-electron chi connectivity index (χ4n) is 4.75. The summed E-state index contributed by atoms with van der Waals surface area (Å²) in [6.07, 6.45) is 0.908. The molecule has 0 radical (unpaired) electrons. The summed E-state index contributed by atoms with van der Waals surface area (Å²) >= 11 is 0. The van der Waals surface area contributed by atoms with Gasteiger partial charge in [0, 0.05) is 0 Å². The van der Waals surface area contributed by atoms with Gasteiger partial charge in [0.25, 0.3) is 0 Å². The van der Waals surface area contributed by atoms with E-state index < -0.39 is 17.9 Å². The Kier molecular flexibility index (Phi) is 6.71. The van der Waals surface area contributed by atoms with Crippen molar-refractivity contribution in [2.75, 3.05) is 18.1 Å². The van der Waals surface area contributed by atoms with Crippen LogP contribution in [0.15, 0.2) is 78.9 Å². The van der Waals surface area contributed by atoms with Gasteiger partial charge in [0.1, 0.15) is 5.75 Å². The van der Waals surface area contributed by atoms with Crippen LogP contribution in [-0.4, -0.2) is 34.6 Å². The Bertz CT molecular complexity index is 1360. The van der Waals surface area contributed by atoms with Crippen molar-refractivity contribution in [2.45, 2.75) is 32.9 Å². The molecule has 2 heterocycles. The first-order valence-electron chi connectivity index (χ1n) is 12.3. The zero-order chi connectivity index (χ0) is 25.1. The van der Waals surface area contributed by atoms with Gasteiger partial charge in [0.05, 0.1) is 36.8 Å². The molecule has 0 fully saturated rings. The highest BCUT2D eigenvalue weighted by Gasteiger charge is 2.47. The van der Waals surface area contributed by atoms with Gasteiger partial charge < -0.3 is 14.0 Å². The number of imidazole rings is 1. The lowest BCUT2D eigenvalue weighted by molar-refractivity contribution is -0.153. The first kappa shape index (κ1) is 23.6. The Morgan fingerprint density at radius 1 is 0.944 bits per heavy atom. The molecular weight excluding hydrogens is 454 g/mol. The molecule has 0 N–H and O–H groups in total. The van der Waals surface area contributed by atoms with Crippen LogP contribution in [-0.2, 0) is 20.9 Å². The number of aromatic nitrogens is 2. The van der Waals surface area contributed by atoms with E-state index in [9.17, 15) is 9.59 Å². The minimum atomic E-state index is -1.05. The van der Waals surface area contributed by atoms with Gasteiger partial charge in [-0.2, -0.15) is 0 Å². The van der Waals surface area contributed by atoms with Crippen LogP contribution < -0.4 is 9.64 Å². The molecule has 5 rings (SSSR count). The maximum Gasteiger partial charge on any atom is 0.321 e. The minimum Gasteiger partial charge on any atom is -0.494 e. The average Bonchev–Trinajstić information content (AvgIpc) is 3.29. The molecule has 7 nitrogen and oxygen atoms in total. The number of carbonyl (C=O) groups is 2. The number of rotatable bonds is 8. The number of ether oxygens (including phenoxy) is 2. The number of fused-ring (bicyclic) bond motifs is 3. The van der Waals surface area contributed by atoms with Crippen molar-refractivity contribution in [1.82, 2.24) is 9.55 Å². The fourth-order valence-corrected chi connectivity index (χ4v) is 4.75. The molecule has 184 valence electrons. The molecule has 1 aromatic heterocycles. The van der Waals surface area contributed by atoms with Gasteiger partial charge >= 0.3 is 5.97 Å². The van der Waals surface area contributed by atoms with Crippen LogP contribution in [0, 0.1) is 5.92 Å². The summed E-state index contributed by atoms with van der Waals surface area (Å²) in [5.41, 5.74) is 3.37. The van der Waals surface area contributed by atoms with Crippen molar-refractivity contribution in [3.8, 4) is 5.75 Å². The third-order valence-corrected chi connectivity index (χ3v) is 6.36. The van der Waals surface area contributed by atoms with E-state index in [2.05, 4.69) is 6.92 Å². The van der Waals surface area contributed by atoms with Gasteiger partial charge in [-0.1, -0.05) is 61.5 Å². The molecule has 36 heavy (non-hydrogen) atoms. The highest BCUT2D eigenvalue weighted by Crippen LogP contribution is 2.42. The molecule has 3 aromatic carbocycles. The van der Waals surface area contributed by atoms with E-state index in [4.69, 9.17) is 14.5 Å². The maximum atomic E-state index is 14.0. The van der Waals surface area contributed by atoms with Gasteiger partial charge in [-0.05, 0) is 48.7 Å². The van der Waals surface area contributed by atoms with Gasteiger partial charge in [-0.25, -0.2) is 4.98 Å². The van der Waals surface area contributed by atoms with Crippen LogP contribution >= 0.6 is 0 Å². The van der Waals surface area contributed by atoms with E-state index in [1.807, 2.05) is 83.4 Å². The van der Waals surface area contributed by atoms with Crippen molar-refractivity contribution < 1.29 is 19.1 Å². The van der Waals surface area contributed by atoms with Gasteiger partial charge in [0.2, 0.25) is 11.9 Å². The molecule has 4 aromatic rings. The smallest absolute Gasteiger partial charge is 0.321 e. The molecule has 0 saturated heterocycles. The fraction of sp³-hybridized carbons (Fsp3) is 0.276. The first-order chi connectivity index (χ1) is 17.6. The third kappa shape index (κ3) is 4.33. The summed E-state index contributed by atoms with van der Waals surface area (Å²) in [6, 6.07) is 24.5. The number of para-hydroxylation sites is 2. The number of carbonyl (C=O) groups excluding carboxylic acids is 2. The van der Waals surface area contributed by atoms with Gasteiger partial charge in [-0.3, -0.25) is 14.5 Å². The summed E-state index contributed by atoms with van der Waals surface area (Å²) in [7, 11) is 0. The van der Waals surface area contributed by atoms with Crippen molar-refractivity contribution in [3.05, 3.63) is 90.0 Å². The lowest BCUT2D eigenvalue weighted by Gasteiger charge is -2.38. The molecule has 0 saturated carbocycles. The summed E-state index contributed by atoms with van der Waals surface area (Å²) in [5.74, 6) is -0.656. The second-order valence-corrected chi connectivity index (χ2v) is 8.77. The predicted molar refractivity (Wildman–Crippen MR) is 138 cm³/mol. The Morgan fingerprint density at radius 2 is 1.67 bits per heavy atom. The van der Waals surface area contributed by atoms with Crippen molar-refractivity contribution in [3.63, 3.8) is 0 Å². The normalized spacial score (nSPS) is 17.2. The Morgan fingerprint density at radius 3 is 2.39 bits per heavy atom. The summed E-state index contributed by atoms with van der Waals surface area (Å²) < 4.78 is 13.2. The standard InChI is InChI=1S/C29H29N3O4/c1-3-18-36-22-16-14-21(15-17-22)26-25(28(34)35-4-2)27(33)31(19-20-10-6-5-7-11-20)29-30-23-12-8-9-13-24(23)32(26)29/h5-17,25-26H,3-4,18-19H2,1-2H3/t25-,26+/m0/s1. The van der Waals surface area contributed by atoms with E-state index in [0.717, 1.165) is 34.3 Å². The monoisotopic (exact) mass is 483 g/mol. The number of nitrogens with zero attached hydrogens (tertiary/aromatic N) is 3. The Hall–Kier alpha value is -4.13. The van der Waals surface area contributed by atoms with E-state index in [1.165, 1.54) is 0 Å². The van der Waals surface area contributed by atoms with Crippen LogP contribution in [0.4, 0.5) is 5.95 Å². The highest BCUT2D eigenvalue weighted by atomic mass is 16.5. The molecule has 7 heteroatoms. The maximum absolute atomic E-state index is 14.0. The quantitative estimate of drug-likeness (QED) is 0.256. The topological polar surface area (TPSA) is 73.7 Å². The second-order valence-electron chi connectivity index (χ2n) is 8.77. The molecule has 0 spiro atoms. The van der Waals surface area contributed by atoms with E-state index >= 15 is 0 Å². The minimum absolute atomic E-state index is 0.190. The summed E-state index contributed by atoms with van der Waals surface area (Å²) in [6.45, 7) is 4.92. The molecular formula is C29H29N3O4. The Balaban J connectivity index is 1.68. The largest absolute Gasteiger partial charge is 0.494 e. The number of esters is 1. The van der Waals surface area contributed by atoms with Crippen LogP contribution in [0.25, 0.3) is 11.0 Å². The lowest BCUT2D eigenvalue weighted by Crippen LogP contribution is -2.49. The van der Waals surface area contributed by atoms with Crippen LogP contribution in [0.2, 0.25) is 0 Å². The SMILES string of the molecule is CCCOc1ccc([C@@H]2[C@H](C(=O)OCC)C(=O)N(Cc3ccccc3)c3nc4ccccc4n32)cc1. The zero-order valence-electron chi connectivity index (χ0n) is 20.5. The number of benzene rings is 3. The number of hydrogen-bond acceptors (Lipinski definition) is 5. The molecule has 1 aliphatic rings. The van der Waals surface area contributed by atoms with E-state index in [1.54, 1.807) is 11.8 Å². The van der Waals surface area contributed by atoms with Crippen LogP contribution in [0.1, 0.15) is 37.4 Å². The van der Waals surface area contributed by atoms with Crippen molar-refractivity contribution >= 4 is 28.9 Å². The lowest BCUT2D eigenvalue weighted by atomic mass is 9.89. The summed E-state index contributed by atoms with van der Waals surface area (Å²) in [5, 5.41) is 0. The number of hydrogen-bond donors (Lipinski definition) is 0. The third-order valence-electron chi connectivity index (χ3n) is 6.36. The van der Waals surface area contributed by atoms with Crippen LogP contribution in [0.5, 0.6) is 5.75 Å². The molecule has 1 amide bonds. The van der Waals surface area contributed by atoms with Gasteiger partial charge in [0.15, 0.2) is 5.92 Å². The molecule has 0 aliphatic carbocycles. The number of anilines is 1. The first-order valence-corrected chi connectivity index (χ1v) is 12.3. The summed E-state index contributed by atoms with van der Waals surface area (Å²) in [4.78, 5) is 33.8. The molecule has 1 aliphatic heterocycles. The molecule has 0 unspecified atom stereocenters. The van der Waals surface area contributed by atoms with Crippen molar-refractivity contribution in [2.24, 2.45) is 5.92 Å². The Labute approximate surface area is 210 Å². The van der Waals surface area contributed by atoms with Gasteiger partial charge in [-0.15, -0.1) is 0 Å². The second kappa shape index (κ2) is 10.2. The number of amides is 1. The predicted octanol–water partition coefficient (Wildman–Crippen LogP) is 5.14. The van der Waals surface area contributed by atoms with Crippen LogP contribution in [0.3, 0.4) is 0 Å². The zero-order valence-corrected chi connectivity index (χ0v) is 20.5. The molecule has 2 atom stereocenters. The van der Waals surface area contributed by atoms with E-state index in [0.29, 0.717) is 19.1 Å². The highest BCUT2D eigenvalue weighted by molar-refractivity contribution is 6.08.